The van der Waals surface area contributed by atoms with Gasteiger partial charge >= 0.3 is 12.1 Å². The van der Waals surface area contributed by atoms with E-state index in [0.29, 0.717) is 30.0 Å². The molecular weight excluding hydrogens is 582 g/mol. The topological polar surface area (TPSA) is 178 Å². The minimum Gasteiger partial charge on any atom is -0.497 e. The smallest absolute Gasteiger partial charge is 0.408 e. The molecule has 1 aliphatic carbocycles. The van der Waals surface area contributed by atoms with Gasteiger partial charge in [0, 0.05) is 24.4 Å². The standard InChI is InChI=1S/C31H41N7O7/c1-30(2,3)45-29(43)32-23-11-9-7-5-6-8-10-20-17-31(20,28(41)42)33-26(39)24-16-21(18-37(24)27(23)40)38-35-25(34-36-38)19-12-14-22(44-4)15-13-19/h8,10,12-15,20-21,23-24H,5-7,9,11,16-18H2,1-4H3,(H,32,43)(H,33,39)(H,41,42)/t20-,21+,23-,24+,31+/m1/s1. The summed E-state index contributed by atoms with van der Waals surface area (Å²) in [6.07, 6.45) is 6.89. The molecule has 2 fully saturated rings. The van der Waals surface area contributed by atoms with Crippen molar-refractivity contribution in [2.45, 2.75) is 95.0 Å². The van der Waals surface area contributed by atoms with Gasteiger partial charge in [0.15, 0.2) is 0 Å². The summed E-state index contributed by atoms with van der Waals surface area (Å²) in [5, 5.41) is 28.5. The summed E-state index contributed by atoms with van der Waals surface area (Å²) in [4.78, 5) is 55.9. The second-order valence-corrected chi connectivity index (χ2v) is 12.9. The first-order chi connectivity index (χ1) is 21.4. The van der Waals surface area contributed by atoms with E-state index in [1.54, 1.807) is 52.1 Å². The van der Waals surface area contributed by atoms with Gasteiger partial charge in [-0.3, -0.25) is 9.59 Å². The van der Waals surface area contributed by atoms with Crippen LogP contribution in [0.3, 0.4) is 0 Å². The molecule has 3 N–H and O–H groups in total. The average Bonchev–Trinajstić information content (AvgIpc) is 3.31. The third-order valence-electron chi connectivity index (χ3n) is 8.43. The van der Waals surface area contributed by atoms with Crippen molar-refractivity contribution in [2.75, 3.05) is 13.7 Å². The zero-order valence-electron chi connectivity index (χ0n) is 26.1. The van der Waals surface area contributed by atoms with Gasteiger partial charge in [0.25, 0.3) is 0 Å². The predicted octanol–water partition coefficient (Wildman–Crippen LogP) is 2.86. The van der Waals surface area contributed by atoms with E-state index in [1.165, 1.54) is 9.70 Å². The summed E-state index contributed by atoms with van der Waals surface area (Å²) in [5.74, 6) is -1.45. The monoisotopic (exact) mass is 623 g/mol. The molecule has 14 heteroatoms. The highest BCUT2D eigenvalue weighted by Crippen LogP contribution is 2.45. The molecule has 1 saturated carbocycles. The first-order valence-electron chi connectivity index (χ1n) is 15.4. The van der Waals surface area contributed by atoms with Crippen LogP contribution in [0.25, 0.3) is 11.4 Å². The molecule has 1 aromatic heterocycles. The van der Waals surface area contributed by atoms with Crippen LogP contribution in [0.15, 0.2) is 36.4 Å². The number of nitrogens with one attached hydrogen (secondary N) is 2. The van der Waals surface area contributed by atoms with E-state index in [4.69, 9.17) is 9.47 Å². The number of benzene rings is 1. The van der Waals surface area contributed by atoms with Gasteiger partial charge in [-0.25, -0.2) is 9.59 Å². The molecule has 1 aromatic carbocycles. The Kier molecular flexibility index (Phi) is 9.12. The van der Waals surface area contributed by atoms with Gasteiger partial charge in [0.1, 0.15) is 29.0 Å². The number of amides is 3. The largest absolute Gasteiger partial charge is 0.497 e. The molecule has 3 aliphatic rings. The van der Waals surface area contributed by atoms with Crippen molar-refractivity contribution in [2.24, 2.45) is 5.92 Å². The fourth-order valence-corrected chi connectivity index (χ4v) is 5.93. The van der Waals surface area contributed by atoms with Gasteiger partial charge in [-0.05, 0) is 75.9 Å². The minimum atomic E-state index is -1.43. The van der Waals surface area contributed by atoms with E-state index in [9.17, 15) is 24.3 Å². The van der Waals surface area contributed by atoms with Crippen molar-refractivity contribution in [1.29, 1.82) is 0 Å². The maximum atomic E-state index is 14.2. The van der Waals surface area contributed by atoms with E-state index in [-0.39, 0.29) is 25.3 Å². The Morgan fingerprint density at radius 2 is 1.89 bits per heavy atom. The molecule has 5 rings (SSSR count). The molecule has 1 saturated heterocycles. The Morgan fingerprint density at radius 1 is 1.13 bits per heavy atom. The highest BCUT2D eigenvalue weighted by Gasteiger charge is 2.61. The SMILES string of the molecule is COc1ccc(-c2nnn([C@H]3C[C@H]4C(=O)N[C@@]5(C(=O)O)C[C@H]5C=CCCCCC[C@@H](NC(=O)OC(C)(C)C)C(=O)N4C3)n2)cc1. The van der Waals surface area contributed by atoms with E-state index >= 15 is 0 Å². The van der Waals surface area contributed by atoms with Gasteiger partial charge in [0.2, 0.25) is 17.6 Å². The van der Waals surface area contributed by atoms with Crippen molar-refractivity contribution in [3.8, 4) is 17.1 Å². The van der Waals surface area contributed by atoms with Gasteiger partial charge in [0.05, 0.1) is 13.2 Å². The molecule has 2 aliphatic heterocycles. The molecule has 14 nitrogen and oxygen atoms in total. The summed E-state index contributed by atoms with van der Waals surface area (Å²) in [7, 11) is 1.57. The summed E-state index contributed by atoms with van der Waals surface area (Å²) >= 11 is 0. The first kappa shape index (κ1) is 31.9. The number of fused-ring (bicyclic) bond motifs is 2. The second kappa shape index (κ2) is 12.9. The summed E-state index contributed by atoms with van der Waals surface area (Å²) in [5.41, 5.74) is -1.49. The van der Waals surface area contributed by atoms with Crippen molar-refractivity contribution in [3.05, 3.63) is 36.4 Å². The van der Waals surface area contributed by atoms with Crippen LogP contribution < -0.4 is 15.4 Å². The predicted molar refractivity (Wildman–Crippen MR) is 161 cm³/mol. The fourth-order valence-electron chi connectivity index (χ4n) is 5.93. The highest BCUT2D eigenvalue weighted by molar-refractivity contribution is 5.96. The van der Waals surface area contributed by atoms with E-state index in [1.807, 2.05) is 12.2 Å². The highest BCUT2D eigenvalue weighted by atomic mass is 16.6. The third-order valence-corrected chi connectivity index (χ3v) is 8.43. The molecule has 45 heavy (non-hydrogen) atoms. The van der Waals surface area contributed by atoms with Gasteiger partial charge in [-0.2, -0.15) is 4.80 Å². The molecule has 5 atom stereocenters. The van der Waals surface area contributed by atoms with Crippen LogP contribution in [0.5, 0.6) is 5.75 Å². The number of hydrogen-bond donors (Lipinski definition) is 3. The fraction of sp³-hybridized carbons (Fsp3) is 0.581. The molecular formula is C31H41N7O7. The molecule has 0 spiro atoms. The molecule has 3 amide bonds. The number of nitrogens with zero attached hydrogens (tertiary/aromatic N) is 5. The maximum absolute atomic E-state index is 14.2. The normalized spacial score (nSPS) is 27.3. The summed E-state index contributed by atoms with van der Waals surface area (Å²) in [6.45, 7) is 5.26. The number of carboxylic acids is 1. The number of allylic oxidation sites excluding steroid dienone is 1. The number of aromatic nitrogens is 4. The molecule has 242 valence electrons. The van der Waals surface area contributed by atoms with Crippen LogP contribution in [0.4, 0.5) is 4.79 Å². The summed E-state index contributed by atoms with van der Waals surface area (Å²) in [6, 6.07) is 4.66. The molecule has 3 heterocycles. The maximum Gasteiger partial charge on any atom is 0.408 e. The number of hydrogen-bond acceptors (Lipinski definition) is 9. The third kappa shape index (κ3) is 7.26. The number of tetrazole rings is 1. The number of alkyl carbamates (subject to hydrolysis) is 1. The number of ether oxygens (including phenoxy) is 2. The Labute approximate surface area is 261 Å². The average molecular weight is 624 g/mol. The lowest BCUT2D eigenvalue weighted by Crippen LogP contribution is -2.56. The second-order valence-electron chi connectivity index (χ2n) is 12.9. The van der Waals surface area contributed by atoms with Crippen LogP contribution in [0, 0.1) is 5.92 Å². The molecule has 0 unspecified atom stereocenters. The van der Waals surface area contributed by atoms with E-state index < -0.39 is 53.1 Å². The number of aliphatic carboxylic acids is 1. The van der Waals surface area contributed by atoms with Crippen LogP contribution >= 0.6 is 0 Å². The summed E-state index contributed by atoms with van der Waals surface area (Å²) < 4.78 is 10.7. The number of carbonyl (C=O) groups is 4. The number of carbonyl (C=O) groups excluding carboxylic acids is 3. The van der Waals surface area contributed by atoms with Crippen LogP contribution in [-0.4, -0.2) is 91.0 Å². The zero-order valence-corrected chi connectivity index (χ0v) is 26.1. The lowest BCUT2D eigenvalue weighted by atomic mass is 10.0. The lowest BCUT2D eigenvalue weighted by molar-refractivity contribution is -0.145. The Morgan fingerprint density at radius 3 is 2.58 bits per heavy atom. The Hall–Kier alpha value is -4.49. The van der Waals surface area contributed by atoms with Crippen molar-refractivity contribution >= 4 is 23.9 Å². The zero-order chi connectivity index (χ0) is 32.4. The van der Waals surface area contributed by atoms with E-state index in [2.05, 4.69) is 26.0 Å². The minimum absolute atomic E-state index is 0.0607. The quantitative estimate of drug-likeness (QED) is 0.420. The van der Waals surface area contributed by atoms with E-state index in [0.717, 1.165) is 19.3 Å². The number of rotatable bonds is 5. The van der Waals surface area contributed by atoms with Gasteiger partial charge < -0.3 is 30.1 Å². The van der Waals surface area contributed by atoms with Crippen LogP contribution in [0.2, 0.25) is 0 Å². The molecule has 2 aromatic rings. The lowest BCUT2D eigenvalue weighted by Gasteiger charge is -2.30. The van der Waals surface area contributed by atoms with Gasteiger partial charge in [-0.15, -0.1) is 10.2 Å². The number of carboxylic acid groups (broad SMARTS) is 1. The molecule has 0 bridgehead atoms. The van der Waals surface area contributed by atoms with Crippen molar-refractivity contribution in [1.82, 2.24) is 35.7 Å². The van der Waals surface area contributed by atoms with Crippen molar-refractivity contribution < 1.29 is 33.8 Å². The first-order valence-corrected chi connectivity index (χ1v) is 15.4. The Bertz CT molecular complexity index is 1450. The molecule has 0 radical (unpaired) electrons. The van der Waals surface area contributed by atoms with Crippen LogP contribution in [-0.2, 0) is 19.1 Å². The van der Waals surface area contributed by atoms with Crippen molar-refractivity contribution in [3.63, 3.8) is 0 Å². The van der Waals surface area contributed by atoms with Gasteiger partial charge in [-0.1, -0.05) is 25.0 Å². The number of methoxy groups -OCH3 is 1. The Balaban J connectivity index is 1.43. The van der Waals surface area contributed by atoms with Crippen LogP contribution in [0.1, 0.15) is 71.8 Å².